The van der Waals surface area contributed by atoms with E-state index in [9.17, 15) is 24.8 Å². The van der Waals surface area contributed by atoms with Crippen LogP contribution < -0.4 is 15.0 Å². The zero-order valence-corrected chi connectivity index (χ0v) is 13.9. The first-order valence-electron chi connectivity index (χ1n) is 7.75. The van der Waals surface area contributed by atoms with Crippen LogP contribution in [0.1, 0.15) is 10.4 Å². The molecule has 4 unspecified atom stereocenters. The minimum atomic E-state index is -1.40. The summed E-state index contributed by atoms with van der Waals surface area (Å²) in [6, 6.07) is 7.21. The van der Waals surface area contributed by atoms with Crippen LogP contribution in [0.5, 0.6) is 0 Å². The molecule has 2 amide bonds. The number of imide groups is 1. The standard InChI is InChI=1S/C17H12ClN3O5/c18-10-2-4-11(5-3-10)19-16(23)14-15(17(19)24)21(26)13-7-9(8-22)1-6-12(13)20(14)25/h1-8,14-15,20-21H. The molecule has 1 saturated heterocycles. The average molecular weight is 374 g/mol. The molecule has 1 fully saturated rings. The molecule has 2 aromatic rings. The second-order valence-electron chi connectivity index (χ2n) is 6.10. The number of anilines is 1. The van der Waals surface area contributed by atoms with Crippen LogP contribution in [0.25, 0.3) is 0 Å². The summed E-state index contributed by atoms with van der Waals surface area (Å²) < 4.78 is 0. The van der Waals surface area contributed by atoms with Gasteiger partial charge in [0.2, 0.25) is 12.1 Å². The highest BCUT2D eigenvalue weighted by molar-refractivity contribution is 6.31. The van der Waals surface area contributed by atoms with E-state index in [0.717, 1.165) is 4.90 Å². The number of carbonyl (C=O) groups excluding carboxylic acids is 3. The molecule has 0 bridgehead atoms. The third-order valence-electron chi connectivity index (χ3n) is 4.67. The zero-order valence-electron chi connectivity index (χ0n) is 13.1. The summed E-state index contributed by atoms with van der Waals surface area (Å²) in [4.78, 5) is 37.4. The van der Waals surface area contributed by atoms with Gasteiger partial charge in [0.05, 0.1) is 5.69 Å². The molecule has 0 radical (unpaired) electrons. The van der Waals surface area contributed by atoms with Crippen LogP contribution in [-0.4, -0.2) is 30.2 Å². The van der Waals surface area contributed by atoms with E-state index < -0.39 is 34.0 Å². The van der Waals surface area contributed by atoms with E-state index in [1.165, 1.54) is 42.5 Å². The van der Waals surface area contributed by atoms with Gasteiger partial charge in [-0.15, -0.1) is 0 Å². The number of quaternary nitrogens is 2. The number of hydrogen-bond acceptors (Lipinski definition) is 5. The first-order chi connectivity index (χ1) is 12.4. The molecule has 2 aromatic carbocycles. The van der Waals surface area contributed by atoms with E-state index in [1.54, 1.807) is 0 Å². The average Bonchev–Trinajstić information content (AvgIpc) is 2.91. The van der Waals surface area contributed by atoms with Crippen LogP contribution in [0.4, 0.5) is 17.1 Å². The smallest absolute Gasteiger partial charge is 0.300 e. The summed E-state index contributed by atoms with van der Waals surface area (Å²) in [5.41, 5.74) is 0.521. The van der Waals surface area contributed by atoms with Crippen LogP contribution in [0.2, 0.25) is 5.02 Å². The third kappa shape index (κ3) is 2.28. The van der Waals surface area contributed by atoms with Gasteiger partial charge in [-0.05, 0) is 30.3 Å². The number of halogens is 1. The Hall–Kier alpha value is -2.62. The molecule has 0 spiro atoms. The van der Waals surface area contributed by atoms with E-state index in [-0.39, 0.29) is 22.6 Å². The van der Waals surface area contributed by atoms with Crippen molar-refractivity contribution in [2.24, 2.45) is 0 Å². The van der Waals surface area contributed by atoms with E-state index in [1.807, 2.05) is 0 Å². The first kappa shape index (κ1) is 16.8. The summed E-state index contributed by atoms with van der Waals surface area (Å²) >= 11 is 5.82. The van der Waals surface area contributed by atoms with Gasteiger partial charge in [0, 0.05) is 22.7 Å². The third-order valence-corrected chi connectivity index (χ3v) is 4.92. The maximum Gasteiger partial charge on any atom is 0.300 e. The van der Waals surface area contributed by atoms with Crippen molar-refractivity contribution in [1.29, 1.82) is 0 Å². The molecular weight excluding hydrogens is 362 g/mol. The Morgan fingerprint density at radius 1 is 0.923 bits per heavy atom. The molecule has 0 saturated carbocycles. The highest BCUT2D eigenvalue weighted by Gasteiger charge is 2.60. The Morgan fingerprint density at radius 2 is 1.50 bits per heavy atom. The van der Waals surface area contributed by atoms with Crippen LogP contribution >= 0.6 is 11.6 Å². The Bertz CT molecular complexity index is 932. The van der Waals surface area contributed by atoms with Gasteiger partial charge in [-0.25, -0.2) is 4.90 Å². The molecule has 2 N–H and O–H groups in total. The molecule has 4 rings (SSSR count). The van der Waals surface area contributed by atoms with Crippen molar-refractivity contribution in [2.75, 3.05) is 4.90 Å². The maximum atomic E-state index is 12.8. The number of rotatable bonds is 2. The van der Waals surface area contributed by atoms with Gasteiger partial charge in [0.1, 0.15) is 6.29 Å². The number of fused-ring (bicyclic) bond motifs is 2. The van der Waals surface area contributed by atoms with Crippen molar-refractivity contribution in [1.82, 2.24) is 0 Å². The number of aldehydes is 1. The fourth-order valence-corrected chi connectivity index (χ4v) is 3.56. The minimum absolute atomic E-state index is 0.0000406. The van der Waals surface area contributed by atoms with Gasteiger partial charge in [0.15, 0.2) is 11.4 Å². The lowest BCUT2D eigenvalue weighted by Crippen LogP contribution is -3.23. The molecule has 0 aliphatic carbocycles. The van der Waals surface area contributed by atoms with Crippen LogP contribution in [0.15, 0.2) is 42.5 Å². The lowest BCUT2D eigenvalue weighted by Gasteiger charge is -2.40. The van der Waals surface area contributed by atoms with Crippen molar-refractivity contribution in [3.63, 3.8) is 0 Å². The van der Waals surface area contributed by atoms with Gasteiger partial charge in [-0.1, -0.05) is 11.6 Å². The number of hydroxylamine groups is 2. The Morgan fingerprint density at radius 3 is 2.08 bits per heavy atom. The summed E-state index contributed by atoms with van der Waals surface area (Å²) in [7, 11) is 0. The number of nitrogens with zero attached hydrogens (tertiary/aromatic N) is 1. The number of benzene rings is 2. The first-order valence-corrected chi connectivity index (χ1v) is 8.13. The van der Waals surface area contributed by atoms with Gasteiger partial charge in [-0.2, -0.15) is 0 Å². The molecule has 0 aromatic heterocycles. The Balaban J connectivity index is 1.80. The molecular formula is C17H12ClN3O5. The molecule has 2 aliphatic rings. The van der Waals surface area contributed by atoms with Gasteiger partial charge in [-0.3, -0.25) is 14.4 Å². The van der Waals surface area contributed by atoms with Crippen LogP contribution in [-0.2, 0) is 9.59 Å². The number of hydrogen-bond donors (Lipinski definition) is 2. The SMILES string of the molecule is O=Cc1ccc2c(c1)[NH+]([O-])C1C(=O)N(c3ccc(Cl)cc3)C(=O)C1[NH+]2[O-]. The van der Waals surface area contributed by atoms with Crippen molar-refractivity contribution < 1.29 is 24.5 Å². The molecule has 2 aliphatic heterocycles. The second-order valence-corrected chi connectivity index (χ2v) is 6.53. The predicted octanol–water partition coefficient (Wildman–Crippen LogP) is -0.495. The lowest BCUT2D eigenvalue weighted by molar-refractivity contribution is -0.895. The summed E-state index contributed by atoms with van der Waals surface area (Å²) in [6.07, 6.45) is 0.547. The van der Waals surface area contributed by atoms with Crippen LogP contribution in [0, 0.1) is 10.4 Å². The fourth-order valence-electron chi connectivity index (χ4n) is 3.43. The molecule has 2 heterocycles. The maximum absolute atomic E-state index is 12.8. The highest BCUT2D eigenvalue weighted by Crippen LogP contribution is 2.27. The molecule has 8 nitrogen and oxygen atoms in total. The lowest BCUT2D eigenvalue weighted by atomic mass is 10.0. The second kappa shape index (κ2) is 5.97. The van der Waals surface area contributed by atoms with Crippen molar-refractivity contribution in [3.8, 4) is 0 Å². The number of nitrogens with one attached hydrogen (secondary N) is 2. The van der Waals surface area contributed by atoms with Gasteiger partial charge >= 0.3 is 0 Å². The van der Waals surface area contributed by atoms with E-state index in [4.69, 9.17) is 11.6 Å². The monoisotopic (exact) mass is 373 g/mol. The normalized spacial score (nSPS) is 27.3. The summed E-state index contributed by atoms with van der Waals surface area (Å²) in [5, 5.41) is 24.8. The molecule has 26 heavy (non-hydrogen) atoms. The largest absolute Gasteiger partial charge is 0.628 e. The quantitative estimate of drug-likeness (QED) is 0.419. The van der Waals surface area contributed by atoms with Gasteiger partial charge < -0.3 is 20.5 Å². The zero-order chi connectivity index (χ0) is 18.6. The van der Waals surface area contributed by atoms with Crippen molar-refractivity contribution >= 4 is 46.8 Å². The Kier molecular flexibility index (Phi) is 3.87. The number of carbonyl (C=O) groups is 3. The molecule has 9 heteroatoms. The summed E-state index contributed by atoms with van der Waals surface area (Å²) in [5.74, 6) is -1.48. The van der Waals surface area contributed by atoms with Gasteiger partial charge in [0.25, 0.3) is 11.8 Å². The van der Waals surface area contributed by atoms with Crippen LogP contribution in [0.3, 0.4) is 0 Å². The Labute approximate surface area is 152 Å². The molecule has 4 atom stereocenters. The van der Waals surface area contributed by atoms with Crippen molar-refractivity contribution in [3.05, 3.63) is 63.5 Å². The summed E-state index contributed by atoms with van der Waals surface area (Å²) in [6.45, 7) is 0. The predicted molar refractivity (Wildman–Crippen MR) is 91.3 cm³/mol. The fraction of sp³-hybridized carbons (Fsp3) is 0.118. The van der Waals surface area contributed by atoms with E-state index in [0.29, 0.717) is 11.3 Å². The minimum Gasteiger partial charge on any atom is -0.628 e. The van der Waals surface area contributed by atoms with E-state index >= 15 is 0 Å². The molecule has 132 valence electrons. The number of amides is 2. The highest BCUT2D eigenvalue weighted by atomic mass is 35.5. The van der Waals surface area contributed by atoms with Crippen molar-refractivity contribution in [2.45, 2.75) is 12.1 Å². The topological polar surface area (TPSA) is 109 Å². The van der Waals surface area contributed by atoms with E-state index in [2.05, 4.69) is 0 Å².